The molecule has 1 aromatic carbocycles. The molecule has 0 aromatic heterocycles. The molecule has 1 aromatic rings. The van der Waals surface area contributed by atoms with Crippen molar-refractivity contribution in [3.05, 3.63) is 29.8 Å². The summed E-state index contributed by atoms with van der Waals surface area (Å²) in [5.41, 5.74) is 2.11. The maximum Gasteiger partial charge on any atom is 0.106 e. The Morgan fingerprint density at radius 2 is 1.72 bits per heavy atom. The van der Waals surface area contributed by atoms with Crippen LogP contribution in [-0.4, -0.2) is 19.6 Å². The topological polar surface area (TPSA) is 62.9 Å². The lowest BCUT2D eigenvalue weighted by atomic mass is 10.1. The molecule has 0 aliphatic carbocycles. The number of hydrogen-bond donors (Lipinski definition) is 1. The number of rotatable bonds is 6. The van der Waals surface area contributed by atoms with E-state index in [1.165, 1.54) is 5.56 Å². The second-order valence-corrected chi connectivity index (χ2v) is 4.04. The average Bonchev–Trinajstić information content (AvgIpc) is 2.39. The Morgan fingerprint density at radius 1 is 1.17 bits per heavy atom. The fourth-order valence-corrected chi connectivity index (χ4v) is 1.81. The SMILES string of the molecule is CCNC(C)c1ccc(N(CC#N)CC#N)cc1. The summed E-state index contributed by atoms with van der Waals surface area (Å²) in [4.78, 5) is 1.75. The molecule has 0 saturated carbocycles. The van der Waals surface area contributed by atoms with Crippen LogP contribution in [0.1, 0.15) is 25.5 Å². The highest BCUT2D eigenvalue weighted by atomic mass is 15.1. The number of nitrogens with one attached hydrogen (secondary N) is 1. The molecule has 0 radical (unpaired) electrons. The van der Waals surface area contributed by atoms with Crippen molar-refractivity contribution in [2.45, 2.75) is 19.9 Å². The van der Waals surface area contributed by atoms with Gasteiger partial charge in [0.1, 0.15) is 13.1 Å². The molecule has 0 aliphatic heterocycles. The van der Waals surface area contributed by atoms with Crippen LogP contribution in [0.4, 0.5) is 5.69 Å². The first kappa shape index (κ1) is 14.0. The zero-order valence-electron chi connectivity index (χ0n) is 10.8. The summed E-state index contributed by atoms with van der Waals surface area (Å²) in [6, 6.07) is 12.4. The van der Waals surface area contributed by atoms with Gasteiger partial charge in [-0.2, -0.15) is 10.5 Å². The van der Waals surface area contributed by atoms with Gasteiger partial charge in [0.25, 0.3) is 0 Å². The third-order valence-electron chi connectivity index (χ3n) is 2.79. The summed E-state index contributed by atoms with van der Waals surface area (Å²) in [5, 5.41) is 20.8. The smallest absolute Gasteiger partial charge is 0.106 e. The van der Waals surface area contributed by atoms with Crippen molar-refractivity contribution < 1.29 is 0 Å². The molecule has 0 saturated heterocycles. The lowest BCUT2D eigenvalue weighted by Crippen LogP contribution is -2.24. The van der Waals surface area contributed by atoms with E-state index in [2.05, 4.69) is 31.3 Å². The van der Waals surface area contributed by atoms with Crippen LogP contribution in [0, 0.1) is 22.7 Å². The van der Waals surface area contributed by atoms with Crippen LogP contribution in [0.2, 0.25) is 0 Å². The fourth-order valence-electron chi connectivity index (χ4n) is 1.81. The Hall–Kier alpha value is -2.04. The van der Waals surface area contributed by atoms with E-state index in [0.29, 0.717) is 6.04 Å². The Labute approximate surface area is 108 Å². The number of benzene rings is 1. The minimum atomic E-state index is 0.232. The minimum absolute atomic E-state index is 0.232. The molecule has 0 fully saturated rings. The highest BCUT2D eigenvalue weighted by molar-refractivity contribution is 5.49. The van der Waals surface area contributed by atoms with Crippen molar-refractivity contribution in [3.63, 3.8) is 0 Å². The van der Waals surface area contributed by atoms with Crippen LogP contribution in [0.3, 0.4) is 0 Å². The van der Waals surface area contributed by atoms with Crippen molar-refractivity contribution in [2.24, 2.45) is 0 Å². The van der Waals surface area contributed by atoms with Crippen molar-refractivity contribution in [1.29, 1.82) is 10.5 Å². The first-order chi connectivity index (χ1) is 8.72. The standard InChI is InChI=1S/C14H18N4/c1-3-17-12(2)13-4-6-14(7-5-13)18(10-8-15)11-9-16/h4-7,12,17H,3,10-11H2,1-2H3. The molecule has 0 heterocycles. The third-order valence-corrected chi connectivity index (χ3v) is 2.79. The number of anilines is 1. The summed E-state index contributed by atoms with van der Waals surface area (Å²) >= 11 is 0. The molecule has 18 heavy (non-hydrogen) atoms. The van der Waals surface area contributed by atoms with Gasteiger partial charge in [-0.25, -0.2) is 0 Å². The number of nitriles is 2. The first-order valence-electron chi connectivity index (χ1n) is 6.05. The second kappa shape index (κ2) is 7.32. The molecular weight excluding hydrogens is 224 g/mol. The van der Waals surface area contributed by atoms with Gasteiger partial charge in [-0.15, -0.1) is 0 Å². The van der Waals surface area contributed by atoms with Crippen molar-refractivity contribution in [2.75, 3.05) is 24.5 Å². The quantitative estimate of drug-likeness (QED) is 0.777. The third kappa shape index (κ3) is 3.76. The molecule has 1 unspecified atom stereocenters. The Bertz CT molecular complexity index is 422. The Kier molecular flexibility index (Phi) is 5.70. The summed E-state index contributed by atoms with van der Waals surface area (Å²) in [6.45, 7) is 5.58. The second-order valence-electron chi connectivity index (χ2n) is 4.04. The van der Waals surface area contributed by atoms with Gasteiger partial charge in [-0.05, 0) is 31.2 Å². The predicted octanol–water partition coefficient (Wildman–Crippen LogP) is 2.21. The lowest BCUT2D eigenvalue weighted by molar-refractivity contribution is 0.598. The summed E-state index contributed by atoms with van der Waals surface area (Å²) in [6.07, 6.45) is 0. The largest absolute Gasteiger partial charge is 0.345 e. The molecule has 0 bridgehead atoms. The highest BCUT2D eigenvalue weighted by Gasteiger charge is 2.07. The van der Waals surface area contributed by atoms with Crippen LogP contribution < -0.4 is 10.2 Å². The van der Waals surface area contributed by atoms with Crippen LogP contribution in [0.5, 0.6) is 0 Å². The molecule has 4 nitrogen and oxygen atoms in total. The zero-order chi connectivity index (χ0) is 13.4. The van der Waals surface area contributed by atoms with E-state index in [-0.39, 0.29) is 13.1 Å². The lowest BCUT2D eigenvalue weighted by Gasteiger charge is -2.19. The van der Waals surface area contributed by atoms with Gasteiger partial charge in [0.2, 0.25) is 0 Å². The zero-order valence-corrected chi connectivity index (χ0v) is 10.8. The summed E-state index contributed by atoms with van der Waals surface area (Å²) in [7, 11) is 0. The van der Waals surface area contributed by atoms with Crippen LogP contribution in [0.15, 0.2) is 24.3 Å². The molecule has 0 aliphatic rings. The van der Waals surface area contributed by atoms with E-state index in [1.807, 2.05) is 24.3 Å². The molecule has 94 valence electrons. The van der Waals surface area contributed by atoms with E-state index in [9.17, 15) is 0 Å². The molecule has 1 N–H and O–H groups in total. The molecule has 1 atom stereocenters. The highest BCUT2D eigenvalue weighted by Crippen LogP contribution is 2.18. The minimum Gasteiger partial charge on any atom is -0.345 e. The molecule has 1 rings (SSSR count). The van der Waals surface area contributed by atoms with Crippen LogP contribution in [-0.2, 0) is 0 Å². The van der Waals surface area contributed by atoms with Gasteiger partial charge in [-0.1, -0.05) is 19.1 Å². The van der Waals surface area contributed by atoms with Gasteiger partial charge in [0.15, 0.2) is 0 Å². The molecule has 0 amide bonds. The van der Waals surface area contributed by atoms with Crippen LogP contribution in [0.25, 0.3) is 0 Å². The monoisotopic (exact) mass is 242 g/mol. The van der Waals surface area contributed by atoms with Crippen molar-refractivity contribution >= 4 is 5.69 Å². The Balaban J connectivity index is 2.81. The van der Waals surface area contributed by atoms with E-state index in [0.717, 1.165) is 12.2 Å². The van der Waals surface area contributed by atoms with E-state index in [1.54, 1.807) is 4.90 Å². The average molecular weight is 242 g/mol. The first-order valence-corrected chi connectivity index (χ1v) is 6.05. The van der Waals surface area contributed by atoms with Gasteiger partial charge in [0.05, 0.1) is 12.1 Å². The fraction of sp³-hybridized carbons (Fsp3) is 0.429. The maximum absolute atomic E-state index is 8.73. The number of hydrogen-bond acceptors (Lipinski definition) is 4. The van der Waals surface area contributed by atoms with Crippen LogP contribution >= 0.6 is 0 Å². The normalized spacial score (nSPS) is 11.3. The van der Waals surface area contributed by atoms with E-state index >= 15 is 0 Å². The summed E-state index contributed by atoms with van der Waals surface area (Å²) < 4.78 is 0. The van der Waals surface area contributed by atoms with Crippen molar-refractivity contribution in [1.82, 2.24) is 5.32 Å². The van der Waals surface area contributed by atoms with Gasteiger partial charge >= 0.3 is 0 Å². The number of nitrogens with zero attached hydrogens (tertiary/aromatic N) is 3. The van der Waals surface area contributed by atoms with Crippen molar-refractivity contribution in [3.8, 4) is 12.1 Å². The van der Waals surface area contributed by atoms with Gasteiger partial charge in [-0.3, -0.25) is 0 Å². The molecular formula is C14H18N4. The molecule has 4 heteroatoms. The van der Waals surface area contributed by atoms with Gasteiger partial charge in [0, 0.05) is 11.7 Å². The predicted molar refractivity (Wildman–Crippen MR) is 72.0 cm³/mol. The van der Waals surface area contributed by atoms with E-state index < -0.39 is 0 Å². The molecule has 0 spiro atoms. The Morgan fingerprint density at radius 3 is 2.17 bits per heavy atom. The maximum atomic E-state index is 8.73. The van der Waals surface area contributed by atoms with Gasteiger partial charge < -0.3 is 10.2 Å². The van der Waals surface area contributed by atoms with E-state index in [4.69, 9.17) is 10.5 Å². The summed E-state index contributed by atoms with van der Waals surface area (Å²) in [5.74, 6) is 0.